The van der Waals surface area contributed by atoms with Gasteiger partial charge in [-0.05, 0) is 40.3 Å². The van der Waals surface area contributed by atoms with Gasteiger partial charge in [-0.3, -0.25) is 0 Å². The van der Waals surface area contributed by atoms with Crippen molar-refractivity contribution in [2.24, 2.45) is 0 Å². The van der Waals surface area contributed by atoms with Crippen LogP contribution in [0.2, 0.25) is 0 Å². The minimum Gasteiger partial charge on any atom is -0.143 e. The van der Waals surface area contributed by atoms with E-state index < -0.39 is 0 Å². The lowest BCUT2D eigenvalue weighted by molar-refractivity contribution is 1.64. The molecular formula is C28H16S3. The van der Waals surface area contributed by atoms with Gasteiger partial charge in [-0.2, -0.15) is 0 Å². The van der Waals surface area contributed by atoms with Gasteiger partial charge >= 0.3 is 0 Å². The molecule has 31 heavy (non-hydrogen) atoms. The number of thiophene rings is 3. The van der Waals surface area contributed by atoms with Gasteiger partial charge in [0.2, 0.25) is 0 Å². The van der Waals surface area contributed by atoms with Crippen LogP contribution >= 0.6 is 34.0 Å². The molecule has 4 aromatic carbocycles. The molecule has 0 N–H and O–H groups in total. The Balaban J connectivity index is 1.31. The summed E-state index contributed by atoms with van der Waals surface area (Å²) in [5.41, 5.74) is 5.16. The second-order valence-corrected chi connectivity index (χ2v) is 10.8. The third-order valence-electron chi connectivity index (χ3n) is 6.00. The lowest BCUT2D eigenvalue weighted by Crippen LogP contribution is -1.79. The Morgan fingerprint density at radius 3 is 1.90 bits per heavy atom. The van der Waals surface area contributed by atoms with E-state index in [1.165, 1.54) is 61.9 Å². The quantitative estimate of drug-likeness (QED) is 0.247. The minimum absolute atomic E-state index is 1.27. The third-order valence-corrected chi connectivity index (χ3v) is 9.48. The molecular weight excluding hydrogens is 433 g/mol. The Morgan fingerprint density at radius 2 is 1.06 bits per heavy atom. The van der Waals surface area contributed by atoms with Gasteiger partial charge < -0.3 is 0 Å². The molecule has 146 valence electrons. The summed E-state index contributed by atoms with van der Waals surface area (Å²) >= 11 is 5.65. The van der Waals surface area contributed by atoms with E-state index in [0.717, 1.165) is 0 Å². The second-order valence-electron chi connectivity index (χ2n) is 7.79. The lowest BCUT2D eigenvalue weighted by atomic mass is 9.99. The molecule has 0 saturated heterocycles. The molecule has 0 radical (unpaired) electrons. The van der Waals surface area contributed by atoms with Crippen molar-refractivity contribution in [1.29, 1.82) is 0 Å². The van der Waals surface area contributed by atoms with Crippen molar-refractivity contribution in [1.82, 2.24) is 0 Å². The first-order chi connectivity index (χ1) is 15.3. The fourth-order valence-corrected chi connectivity index (χ4v) is 8.09. The van der Waals surface area contributed by atoms with Gasteiger partial charge in [0.15, 0.2) is 0 Å². The maximum Gasteiger partial charge on any atom is 0.0542 e. The van der Waals surface area contributed by atoms with Crippen LogP contribution in [0.1, 0.15) is 0 Å². The van der Waals surface area contributed by atoms with Crippen molar-refractivity contribution in [3.63, 3.8) is 0 Å². The number of hydrogen-bond donors (Lipinski definition) is 0. The van der Waals surface area contributed by atoms with Crippen LogP contribution in [0.5, 0.6) is 0 Å². The molecule has 3 heterocycles. The molecule has 0 aliphatic rings. The van der Waals surface area contributed by atoms with Crippen LogP contribution in [0.25, 0.3) is 61.9 Å². The van der Waals surface area contributed by atoms with Gasteiger partial charge in [-0.15, -0.1) is 34.0 Å². The fraction of sp³-hybridized carbons (Fsp3) is 0. The monoisotopic (exact) mass is 448 g/mol. The molecule has 0 spiro atoms. The molecule has 0 aliphatic heterocycles. The van der Waals surface area contributed by atoms with E-state index in [1.807, 2.05) is 34.0 Å². The van der Waals surface area contributed by atoms with Gasteiger partial charge in [0.25, 0.3) is 0 Å². The highest BCUT2D eigenvalue weighted by Crippen LogP contribution is 2.45. The van der Waals surface area contributed by atoms with Crippen LogP contribution in [0.15, 0.2) is 96.4 Å². The summed E-state index contributed by atoms with van der Waals surface area (Å²) in [4.78, 5) is 0. The van der Waals surface area contributed by atoms with Gasteiger partial charge in [0, 0.05) is 35.8 Å². The topological polar surface area (TPSA) is 0 Å². The SMILES string of the molecule is c1ccc2c(-c3ccc(-c4ccc5c(c4)sc4c6ccccc6sc54)cc3)csc2c1. The highest BCUT2D eigenvalue weighted by molar-refractivity contribution is 7.36. The summed E-state index contributed by atoms with van der Waals surface area (Å²) in [6.45, 7) is 0. The molecule has 0 unspecified atom stereocenters. The summed E-state index contributed by atoms with van der Waals surface area (Å²) in [6.07, 6.45) is 0. The molecule has 3 aromatic heterocycles. The highest BCUT2D eigenvalue weighted by Gasteiger charge is 2.13. The van der Waals surface area contributed by atoms with E-state index in [9.17, 15) is 0 Å². The summed E-state index contributed by atoms with van der Waals surface area (Å²) in [5.74, 6) is 0. The van der Waals surface area contributed by atoms with Crippen LogP contribution < -0.4 is 0 Å². The average Bonchev–Trinajstić information content (AvgIpc) is 3.50. The van der Waals surface area contributed by atoms with E-state index in [0.29, 0.717) is 0 Å². The average molecular weight is 449 g/mol. The highest BCUT2D eigenvalue weighted by atomic mass is 32.1. The molecule has 0 atom stereocenters. The largest absolute Gasteiger partial charge is 0.143 e. The molecule has 7 rings (SSSR count). The predicted octanol–water partition coefficient (Wildman–Crippen LogP) is 9.82. The molecule has 0 bridgehead atoms. The number of rotatable bonds is 2. The summed E-state index contributed by atoms with van der Waals surface area (Å²) < 4.78 is 6.95. The Kier molecular flexibility index (Phi) is 3.85. The van der Waals surface area contributed by atoms with E-state index >= 15 is 0 Å². The molecule has 0 nitrogen and oxygen atoms in total. The fourth-order valence-electron chi connectivity index (χ4n) is 4.43. The Morgan fingerprint density at radius 1 is 0.452 bits per heavy atom. The second kappa shape index (κ2) is 6.76. The van der Waals surface area contributed by atoms with Gasteiger partial charge in [-0.25, -0.2) is 0 Å². The van der Waals surface area contributed by atoms with Crippen molar-refractivity contribution in [3.8, 4) is 22.3 Å². The first-order valence-corrected chi connectivity index (χ1v) is 12.8. The lowest BCUT2D eigenvalue weighted by Gasteiger charge is -2.05. The van der Waals surface area contributed by atoms with Gasteiger partial charge in [-0.1, -0.05) is 72.8 Å². The molecule has 0 saturated carbocycles. The first kappa shape index (κ1) is 17.7. The van der Waals surface area contributed by atoms with Crippen molar-refractivity contribution in [2.45, 2.75) is 0 Å². The Bertz CT molecular complexity index is 1730. The van der Waals surface area contributed by atoms with Crippen LogP contribution in [0.4, 0.5) is 0 Å². The predicted molar refractivity (Wildman–Crippen MR) is 141 cm³/mol. The zero-order valence-corrected chi connectivity index (χ0v) is 18.9. The van der Waals surface area contributed by atoms with Crippen LogP contribution in [-0.4, -0.2) is 0 Å². The van der Waals surface area contributed by atoms with Crippen molar-refractivity contribution < 1.29 is 0 Å². The maximum absolute atomic E-state index is 2.36. The smallest absolute Gasteiger partial charge is 0.0542 e. The van der Waals surface area contributed by atoms with Gasteiger partial charge in [0.1, 0.15) is 0 Å². The maximum atomic E-state index is 2.36. The van der Waals surface area contributed by atoms with E-state index in [-0.39, 0.29) is 0 Å². The molecule has 0 aliphatic carbocycles. The summed E-state index contributed by atoms with van der Waals surface area (Å²) in [5, 5.41) is 6.38. The van der Waals surface area contributed by atoms with E-state index in [1.54, 1.807) is 0 Å². The summed E-state index contributed by atoms with van der Waals surface area (Å²) in [7, 11) is 0. The Labute approximate surface area is 191 Å². The van der Waals surface area contributed by atoms with Crippen LogP contribution in [0, 0.1) is 0 Å². The zero-order chi connectivity index (χ0) is 20.4. The van der Waals surface area contributed by atoms with Crippen molar-refractivity contribution in [3.05, 3.63) is 96.4 Å². The van der Waals surface area contributed by atoms with Gasteiger partial charge in [0.05, 0.1) is 9.40 Å². The molecule has 3 heteroatoms. The number of benzene rings is 4. The number of fused-ring (bicyclic) bond motifs is 6. The van der Waals surface area contributed by atoms with Crippen LogP contribution in [-0.2, 0) is 0 Å². The van der Waals surface area contributed by atoms with E-state index in [2.05, 4.69) is 96.4 Å². The first-order valence-electron chi connectivity index (χ1n) is 10.3. The van der Waals surface area contributed by atoms with E-state index in [4.69, 9.17) is 0 Å². The normalized spacial score (nSPS) is 11.9. The van der Waals surface area contributed by atoms with Crippen LogP contribution in [0.3, 0.4) is 0 Å². The minimum atomic E-state index is 1.27. The molecule has 0 fully saturated rings. The zero-order valence-electron chi connectivity index (χ0n) is 16.5. The molecule has 0 amide bonds. The number of hydrogen-bond acceptors (Lipinski definition) is 3. The third kappa shape index (κ3) is 2.71. The Hall–Kier alpha value is -2.98. The van der Waals surface area contributed by atoms with Crippen molar-refractivity contribution in [2.75, 3.05) is 0 Å². The van der Waals surface area contributed by atoms with Crippen molar-refractivity contribution >= 4 is 73.7 Å². The molecule has 7 aromatic rings. The standard InChI is InChI=1S/C28H16S3/c1-3-7-24-20(5-1)23(16-29-24)18-11-9-17(10-12-18)19-13-14-22-26(15-19)31-27-21-6-2-4-8-25(21)30-28(22)27/h1-16H. The summed E-state index contributed by atoms with van der Waals surface area (Å²) in [6, 6.07) is 33.4.